The molecule has 0 amide bonds. The molecule has 0 aromatic heterocycles. The van der Waals surface area contributed by atoms with Crippen LogP contribution in [0.1, 0.15) is 138 Å². The van der Waals surface area contributed by atoms with E-state index in [0.717, 1.165) is 12.5 Å². The van der Waals surface area contributed by atoms with Crippen molar-refractivity contribution in [2.75, 3.05) is 6.61 Å². The zero-order valence-corrected chi connectivity index (χ0v) is 19.7. The summed E-state index contributed by atoms with van der Waals surface area (Å²) in [5, 5.41) is 2.36. The third-order valence-corrected chi connectivity index (χ3v) is 6.36. The summed E-state index contributed by atoms with van der Waals surface area (Å²) in [5.41, 5.74) is 0.299. The van der Waals surface area contributed by atoms with Gasteiger partial charge in [-0.05, 0) is 52.9 Å². The number of hydrogen-bond donors (Lipinski definition) is 0. The maximum Gasteiger partial charge on any atom is 0.0685 e. The van der Waals surface area contributed by atoms with Gasteiger partial charge >= 0.3 is 0 Å². The van der Waals surface area contributed by atoms with Crippen molar-refractivity contribution < 1.29 is 4.84 Å². The standard InChI is InChI=1S/C25H51NO/c1-7-9-11-13-15-17-19-23-21-24(3,4)26(25(5,6)22-23)27-20-18-16-14-12-10-8-2/h23H,7-22H2,1-6H3. The molecule has 0 aromatic rings. The van der Waals surface area contributed by atoms with Crippen molar-refractivity contribution in [2.24, 2.45) is 5.92 Å². The molecule has 1 saturated heterocycles. The first kappa shape index (κ1) is 25.0. The molecule has 1 aliphatic heterocycles. The molecule has 27 heavy (non-hydrogen) atoms. The SMILES string of the molecule is CCCCCCCCON1C(C)(C)CC(CCCCCCCC)CC1(C)C. The average molecular weight is 382 g/mol. The number of unbranched alkanes of at least 4 members (excludes halogenated alkanes) is 10. The molecule has 0 saturated carbocycles. The van der Waals surface area contributed by atoms with E-state index in [2.05, 4.69) is 46.6 Å². The Morgan fingerprint density at radius 1 is 0.667 bits per heavy atom. The van der Waals surface area contributed by atoms with E-state index < -0.39 is 0 Å². The summed E-state index contributed by atoms with van der Waals surface area (Å²) in [6, 6.07) is 0. The average Bonchev–Trinajstić information content (AvgIpc) is 2.58. The minimum atomic E-state index is 0.150. The summed E-state index contributed by atoms with van der Waals surface area (Å²) in [7, 11) is 0. The summed E-state index contributed by atoms with van der Waals surface area (Å²) >= 11 is 0. The molecule has 1 fully saturated rings. The fourth-order valence-corrected chi connectivity index (χ4v) is 5.28. The zero-order chi connectivity index (χ0) is 20.2. The van der Waals surface area contributed by atoms with Crippen molar-refractivity contribution in [1.82, 2.24) is 5.06 Å². The molecule has 1 aliphatic rings. The number of piperidine rings is 1. The first-order chi connectivity index (χ1) is 12.8. The fraction of sp³-hybridized carbons (Fsp3) is 1.00. The Kier molecular flexibility index (Phi) is 12.2. The van der Waals surface area contributed by atoms with Gasteiger partial charge in [-0.1, -0.05) is 90.9 Å². The lowest BCUT2D eigenvalue weighted by Gasteiger charge is -2.54. The Balaban J connectivity index is 2.34. The quantitative estimate of drug-likeness (QED) is 0.264. The topological polar surface area (TPSA) is 12.5 Å². The number of hydroxylamine groups is 2. The number of nitrogens with zero attached hydrogens (tertiary/aromatic N) is 1. The highest BCUT2D eigenvalue weighted by Gasteiger charge is 2.46. The second-order valence-corrected chi connectivity index (χ2v) is 10.4. The predicted molar refractivity (Wildman–Crippen MR) is 120 cm³/mol. The van der Waals surface area contributed by atoms with Crippen LogP contribution in [0.2, 0.25) is 0 Å². The molecule has 1 rings (SSSR count). The van der Waals surface area contributed by atoms with Crippen LogP contribution < -0.4 is 0 Å². The lowest BCUT2D eigenvalue weighted by Crippen LogP contribution is -2.60. The monoisotopic (exact) mass is 381 g/mol. The molecule has 0 aromatic carbocycles. The summed E-state index contributed by atoms with van der Waals surface area (Å²) < 4.78 is 0. The fourth-order valence-electron chi connectivity index (χ4n) is 5.28. The second-order valence-electron chi connectivity index (χ2n) is 10.4. The van der Waals surface area contributed by atoms with Gasteiger partial charge in [-0.25, -0.2) is 0 Å². The molecule has 0 unspecified atom stereocenters. The predicted octanol–water partition coefficient (Wildman–Crippen LogP) is 8.30. The lowest BCUT2D eigenvalue weighted by molar-refractivity contribution is -0.288. The Labute approximate surface area is 171 Å². The Morgan fingerprint density at radius 2 is 1.11 bits per heavy atom. The highest BCUT2D eigenvalue weighted by Crippen LogP contribution is 2.43. The van der Waals surface area contributed by atoms with Crippen LogP contribution in [0.25, 0.3) is 0 Å². The van der Waals surface area contributed by atoms with Crippen LogP contribution in [-0.2, 0) is 4.84 Å². The molecule has 0 spiro atoms. The lowest BCUT2D eigenvalue weighted by atomic mass is 9.73. The molecule has 2 heteroatoms. The number of rotatable bonds is 15. The maximum absolute atomic E-state index is 6.37. The molecule has 0 atom stereocenters. The van der Waals surface area contributed by atoms with Gasteiger partial charge in [-0.2, -0.15) is 5.06 Å². The largest absolute Gasteiger partial charge is 0.298 e. The summed E-state index contributed by atoms with van der Waals surface area (Å²) in [4.78, 5) is 6.37. The van der Waals surface area contributed by atoms with E-state index in [1.807, 2.05) is 0 Å². The van der Waals surface area contributed by atoms with Crippen LogP contribution in [0.3, 0.4) is 0 Å². The van der Waals surface area contributed by atoms with E-state index in [9.17, 15) is 0 Å². The van der Waals surface area contributed by atoms with Gasteiger partial charge in [0.05, 0.1) is 6.61 Å². The Bertz CT molecular complexity index is 345. The molecular weight excluding hydrogens is 330 g/mol. The molecule has 162 valence electrons. The molecule has 0 aliphatic carbocycles. The van der Waals surface area contributed by atoms with E-state index in [1.54, 1.807) is 0 Å². The molecule has 0 N–H and O–H groups in total. The van der Waals surface area contributed by atoms with E-state index in [1.165, 1.54) is 96.3 Å². The van der Waals surface area contributed by atoms with Gasteiger partial charge in [0.1, 0.15) is 0 Å². The highest BCUT2D eigenvalue weighted by molar-refractivity contribution is 4.96. The molecule has 2 nitrogen and oxygen atoms in total. The summed E-state index contributed by atoms with van der Waals surface area (Å²) in [5.74, 6) is 0.857. The van der Waals surface area contributed by atoms with E-state index >= 15 is 0 Å². The van der Waals surface area contributed by atoms with Crippen LogP contribution in [-0.4, -0.2) is 22.7 Å². The van der Waals surface area contributed by atoms with Crippen LogP contribution >= 0.6 is 0 Å². The van der Waals surface area contributed by atoms with Gasteiger partial charge in [0.15, 0.2) is 0 Å². The van der Waals surface area contributed by atoms with E-state index in [4.69, 9.17) is 4.84 Å². The van der Waals surface area contributed by atoms with Crippen LogP contribution in [0, 0.1) is 5.92 Å². The van der Waals surface area contributed by atoms with Gasteiger partial charge in [-0.15, -0.1) is 0 Å². The van der Waals surface area contributed by atoms with Crippen molar-refractivity contribution in [1.29, 1.82) is 0 Å². The minimum absolute atomic E-state index is 0.150. The first-order valence-corrected chi connectivity index (χ1v) is 12.3. The smallest absolute Gasteiger partial charge is 0.0685 e. The van der Waals surface area contributed by atoms with Crippen LogP contribution in [0.15, 0.2) is 0 Å². The van der Waals surface area contributed by atoms with Crippen molar-refractivity contribution in [3.05, 3.63) is 0 Å². The Hall–Kier alpha value is -0.0800. The zero-order valence-electron chi connectivity index (χ0n) is 19.7. The minimum Gasteiger partial charge on any atom is -0.298 e. The van der Waals surface area contributed by atoms with Crippen molar-refractivity contribution in [3.63, 3.8) is 0 Å². The maximum atomic E-state index is 6.37. The van der Waals surface area contributed by atoms with Crippen molar-refractivity contribution in [3.8, 4) is 0 Å². The first-order valence-electron chi connectivity index (χ1n) is 12.3. The van der Waals surface area contributed by atoms with Gasteiger partial charge in [-0.3, -0.25) is 4.84 Å². The summed E-state index contributed by atoms with van der Waals surface area (Å²) in [6.45, 7) is 15.0. The van der Waals surface area contributed by atoms with Gasteiger partial charge in [0.2, 0.25) is 0 Å². The molecule has 1 heterocycles. The number of hydrogen-bond acceptors (Lipinski definition) is 2. The molecule has 0 bridgehead atoms. The van der Waals surface area contributed by atoms with Gasteiger partial charge in [0.25, 0.3) is 0 Å². The highest BCUT2D eigenvalue weighted by atomic mass is 16.7. The van der Waals surface area contributed by atoms with Crippen LogP contribution in [0.5, 0.6) is 0 Å². The van der Waals surface area contributed by atoms with Gasteiger partial charge in [0, 0.05) is 11.1 Å². The van der Waals surface area contributed by atoms with Crippen molar-refractivity contribution in [2.45, 2.75) is 149 Å². The van der Waals surface area contributed by atoms with E-state index in [-0.39, 0.29) is 11.1 Å². The van der Waals surface area contributed by atoms with Crippen molar-refractivity contribution >= 4 is 0 Å². The van der Waals surface area contributed by atoms with Gasteiger partial charge < -0.3 is 0 Å². The molecule has 0 radical (unpaired) electrons. The Morgan fingerprint density at radius 3 is 1.63 bits per heavy atom. The van der Waals surface area contributed by atoms with E-state index in [0.29, 0.717) is 0 Å². The normalized spacial score (nSPS) is 20.2. The third kappa shape index (κ3) is 9.79. The molecular formula is C25H51NO. The summed E-state index contributed by atoms with van der Waals surface area (Å²) in [6.07, 6.45) is 20.4. The second kappa shape index (κ2) is 13.2. The van der Waals surface area contributed by atoms with Crippen LogP contribution in [0.4, 0.5) is 0 Å². The third-order valence-electron chi connectivity index (χ3n) is 6.36.